The standard InChI is InChI=1S/C27H32FN5O3/c1-19(33-16-5-6-17-33)13-15-29-25(34)20-9-11-21(12-10-20)26-30-24(31-36-26)14-18-32(2)27(35)22-7-3-4-8-23(22)28/h3-4,7-12,19H,5-6,13-18H2,1-2H3,(H,29,34)/t19-/m1/s1. The van der Waals surface area contributed by atoms with Gasteiger partial charge in [-0.25, -0.2) is 4.39 Å². The van der Waals surface area contributed by atoms with Crippen LogP contribution in [0, 0.1) is 5.82 Å². The molecule has 0 aliphatic carbocycles. The predicted octanol–water partition coefficient (Wildman–Crippen LogP) is 3.79. The van der Waals surface area contributed by atoms with E-state index in [0.717, 1.165) is 19.5 Å². The normalized spacial score (nSPS) is 14.5. The molecule has 3 aromatic rings. The number of nitrogens with one attached hydrogen (secondary N) is 1. The maximum atomic E-state index is 13.9. The van der Waals surface area contributed by atoms with Crippen molar-refractivity contribution in [3.8, 4) is 11.5 Å². The molecule has 2 aromatic carbocycles. The van der Waals surface area contributed by atoms with Gasteiger partial charge in [0.2, 0.25) is 0 Å². The fourth-order valence-corrected chi connectivity index (χ4v) is 4.31. The number of carbonyl (C=O) groups excluding carboxylic acids is 2. The molecule has 1 aliphatic heterocycles. The Kier molecular flexibility index (Phi) is 8.43. The number of benzene rings is 2. The van der Waals surface area contributed by atoms with Crippen LogP contribution in [-0.2, 0) is 6.42 Å². The minimum atomic E-state index is -0.551. The second kappa shape index (κ2) is 11.9. The van der Waals surface area contributed by atoms with Crippen LogP contribution in [0.4, 0.5) is 4.39 Å². The third-order valence-electron chi connectivity index (χ3n) is 6.60. The number of likely N-dealkylation sites (tertiary alicyclic amines) is 1. The number of nitrogens with zero attached hydrogens (tertiary/aromatic N) is 4. The molecule has 190 valence electrons. The summed E-state index contributed by atoms with van der Waals surface area (Å²) in [4.78, 5) is 33.2. The number of aromatic nitrogens is 2. The Hall–Kier alpha value is -3.59. The molecule has 1 atom stereocenters. The summed E-state index contributed by atoms with van der Waals surface area (Å²) in [6.45, 7) is 5.46. The first kappa shape index (κ1) is 25.5. The fraction of sp³-hybridized carbons (Fsp3) is 0.407. The smallest absolute Gasteiger partial charge is 0.257 e. The Morgan fingerprint density at radius 2 is 1.86 bits per heavy atom. The average Bonchev–Trinajstić information content (AvgIpc) is 3.60. The molecular weight excluding hydrogens is 461 g/mol. The molecule has 2 heterocycles. The van der Waals surface area contributed by atoms with E-state index in [0.29, 0.717) is 48.4 Å². The van der Waals surface area contributed by atoms with Gasteiger partial charge in [-0.3, -0.25) is 9.59 Å². The molecule has 4 rings (SSSR count). The van der Waals surface area contributed by atoms with Crippen molar-refractivity contribution in [2.45, 2.75) is 38.6 Å². The SMILES string of the molecule is C[C@H](CCNC(=O)c1ccc(-c2nc(CCN(C)C(=O)c3ccccc3F)no2)cc1)N1CCCC1. The van der Waals surface area contributed by atoms with E-state index in [1.165, 1.54) is 29.9 Å². The lowest BCUT2D eigenvalue weighted by Gasteiger charge is -2.23. The number of hydrogen-bond acceptors (Lipinski definition) is 6. The first-order chi connectivity index (χ1) is 17.4. The van der Waals surface area contributed by atoms with Gasteiger partial charge in [-0.1, -0.05) is 17.3 Å². The zero-order valence-corrected chi connectivity index (χ0v) is 20.7. The number of amides is 2. The first-order valence-corrected chi connectivity index (χ1v) is 12.4. The van der Waals surface area contributed by atoms with Crippen molar-refractivity contribution in [1.29, 1.82) is 0 Å². The van der Waals surface area contributed by atoms with Crippen LogP contribution in [0.3, 0.4) is 0 Å². The van der Waals surface area contributed by atoms with Crippen molar-refractivity contribution in [3.05, 3.63) is 71.3 Å². The second-order valence-corrected chi connectivity index (χ2v) is 9.19. The number of halogens is 1. The van der Waals surface area contributed by atoms with Crippen LogP contribution in [0.1, 0.15) is 52.7 Å². The Morgan fingerprint density at radius 1 is 1.14 bits per heavy atom. The summed E-state index contributed by atoms with van der Waals surface area (Å²) in [7, 11) is 1.60. The lowest BCUT2D eigenvalue weighted by Crippen LogP contribution is -2.34. The summed E-state index contributed by atoms with van der Waals surface area (Å²) in [5.74, 6) is -0.295. The van der Waals surface area contributed by atoms with Crippen molar-refractivity contribution in [2.75, 3.05) is 33.2 Å². The zero-order valence-electron chi connectivity index (χ0n) is 20.7. The van der Waals surface area contributed by atoms with Gasteiger partial charge in [0.15, 0.2) is 5.82 Å². The van der Waals surface area contributed by atoms with E-state index in [9.17, 15) is 14.0 Å². The van der Waals surface area contributed by atoms with Gasteiger partial charge in [0.05, 0.1) is 5.56 Å². The van der Waals surface area contributed by atoms with Crippen molar-refractivity contribution >= 4 is 11.8 Å². The van der Waals surface area contributed by atoms with Gasteiger partial charge in [0, 0.05) is 43.7 Å². The van der Waals surface area contributed by atoms with Crippen LogP contribution in [0.25, 0.3) is 11.5 Å². The molecule has 1 aromatic heterocycles. The van der Waals surface area contributed by atoms with Crippen LogP contribution in [0.2, 0.25) is 0 Å². The highest BCUT2D eigenvalue weighted by Crippen LogP contribution is 2.19. The summed E-state index contributed by atoms with van der Waals surface area (Å²) in [6.07, 6.45) is 3.81. The van der Waals surface area contributed by atoms with Crippen molar-refractivity contribution < 1.29 is 18.5 Å². The first-order valence-electron chi connectivity index (χ1n) is 12.4. The molecule has 8 nitrogen and oxygen atoms in total. The Labute approximate surface area is 210 Å². The maximum absolute atomic E-state index is 13.9. The van der Waals surface area contributed by atoms with E-state index in [-0.39, 0.29) is 11.5 Å². The van der Waals surface area contributed by atoms with E-state index in [2.05, 4.69) is 27.3 Å². The van der Waals surface area contributed by atoms with Crippen molar-refractivity contribution in [2.24, 2.45) is 0 Å². The number of carbonyl (C=O) groups is 2. The van der Waals surface area contributed by atoms with Gasteiger partial charge in [-0.15, -0.1) is 0 Å². The predicted molar refractivity (Wildman–Crippen MR) is 134 cm³/mol. The minimum Gasteiger partial charge on any atom is -0.352 e. The molecule has 9 heteroatoms. The molecular formula is C27H32FN5O3. The van der Waals surface area contributed by atoms with Crippen LogP contribution in [-0.4, -0.2) is 71.0 Å². The van der Waals surface area contributed by atoms with Crippen LogP contribution in [0.15, 0.2) is 53.1 Å². The highest BCUT2D eigenvalue weighted by Gasteiger charge is 2.19. The van der Waals surface area contributed by atoms with Crippen LogP contribution in [0.5, 0.6) is 0 Å². The quantitative estimate of drug-likeness (QED) is 0.462. The molecule has 1 aliphatic rings. The van der Waals surface area contributed by atoms with Gasteiger partial charge in [-0.05, 0) is 75.7 Å². The monoisotopic (exact) mass is 493 g/mol. The Morgan fingerprint density at radius 3 is 2.58 bits per heavy atom. The highest BCUT2D eigenvalue weighted by molar-refractivity contribution is 5.95. The summed E-state index contributed by atoms with van der Waals surface area (Å²) < 4.78 is 19.2. The summed E-state index contributed by atoms with van der Waals surface area (Å²) >= 11 is 0. The Bertz CT molecular complexity index is 1170. The summed E-state index contributed by atoms with van der Waals surface area (Å²) in [5.41, 5.74) is 1.29. The number of likely N-dealkylation sites (N-methyl/N-ethyl adjacent to an activating group) is 1. The highest BCUT2D eigenvalue weighted by atomic mass is 19.1. The van der Waals surface area contributed by atoms with E-state index in [1.54, 1.807) is 43.4 Å². The zero-order chi connectivity index (χ0) is 25.5. The molecule has 0 spiro atoms. The Balaban J connectivity index is 1.26. The lowest BCUT2D eigenvalue weighted by atomic mass is 10.1. The largest absolute Gasteiger partial charge is 0.352 e. The number of rotatable bonds is 10. The van der Waals surface area contributed by atoms with Crippen LogP contribution < -0.4 is 5.32 Å². The molecule has 1 saturated heterocycles. The third-order valence-corrected chi connectivity index (χ3v) is 6.60. The molecule has 0 saturated carbocycles. The molecule has 0 radical (unpaired) electrons. The molecule has 36 heavy (non-hydrogen) atoms. The van der Waals surface area contributed by atoms with E-state index in [1.807, 2.05) is 0 Å². The molecule has 1 fully saturated rings. The summed E-state index contributed by atoms with van der Waals surface area (Å²) in [6, 6.07) is 13.4. The number of hydrogen-bond donors (Lipinski definition) is 1. The van der Waals surface area contributed by atoms with E-state index >= 15 is 0 Å². The van der Waals surface area contributed by atoms with Crippen LogP contribution >= 0.6 is 0 Å². The van der Waals surface area contributed by atoms with E-state index in [4.69, 9.17) is 4.52 Å². The molecule has 2 amide bonds. The van der Waals surface area contributed by atoms with Gasteiger partial charge in [0.25, 0.3) is 17.7 Å². The van der Waals surface area contributed by atoms with Crippen molar-refractivity contribution in [3.63, 3.8) is 0 Å². The van der Waals surface area contributed by atoms with Gasteiger partial charge in [-0.2, -0.15) is 4.98 Å². The topological polar surface area (TPSA) is 91.6 Å². The molecule has 0 bridgehead atoms. The van der Waals surface area contributed by atoms with E-state index < -0.39 is 11.7 Å². The maximum Gasteiger partial charge on any atom is 0.257 e. The average molecular weight is 494 g/mol. The fourth-order valence-electron chi connectivity index (χ4n) is 4.31. The lowest BCUT2D eigenvalue weighted by molar-refractivity contribution is 0.0790. The third kappa shape index (κ3) is 6.34. The van der Waals surface area contributed by atoms with Gasteiger partial charge >= 0.3 is 0 Å². The van der Waals surface area contributed by atoms with Gasteiger partial charge < -0.3 is 19.6 Å². The summed E-state index contributed by atoms with van der Waals surface area (Å²) in [5, 5.41) is 6.98. The molecule has 0 unspecified atom stereocenters. The minimum absolute atomic E-state index is 0.0269. The van der Waals surface area contributed by atoms with Crippen molar-refractivity contribution in [1.82, 2.24) is 25.3 Å². The molecule has 1 N–H and O–H groups in total. The van der Waals surface area contributed by atoms with Gasteiger partial charge in [0.1, 0.15) is 5.82 Å². The second-order valence-electron chi connectivity index (χ2n) is 9.19.